The monoisotopic (exact) mass is 224 g/mol. The third-order valence-corrected chi connectivity index (χ3v) is 3.02. The van der Waals surface area contributed by atoms with E-state index in [4.69, 9.17) is 10.5 Å². The Kier molecular flexibility index (Phi) is 3.75. The Morgan fingerprint density at radius 3 is 2.44 bits per heavy atom. The molecule has 1 rings (SSSR count). The van der Waals surface area contributed by atoms with Crippen LogP contribution in [0.2, 0.25) is 0 Å². The summed E-state index contributed by atoms with van der Waals surface area (Å²) in [6.45, 7) is 5.85. The van der Waals surface area contributed by atoms with E-state index in [0.29, 0.717) is 12.0 Å². The second-order valence-corrected chi connectivity index (χ2v) is 4.26. The van der Waals surface area contributed by atoms with Crippen LogP contribution in [-0.4, -0.2) is 23.7 Å². The lowest BCUT2D eigenvalue weighted by atomic mass is 10.0. The Morgan fingerprint density at radius 2 is 2.00 bits per heavy atom. The minimum absolute atomic E-state index is 0.0314. The van der Waals surface area contributed by atoms with Crippen LogP contribution in [-0.2, 0) is 18.2 Å². The summed E-state index contributed by atoms with van der Waals surface area (Å²) in [6.07, 6.45) is 0.692. The topological polar surface area (TPSA) is 57.2 Å². The van der Waals surface area contributed by atoms with Crippen LogP contribution in [0.5, 0.6) is 0 Å². The van der Waals surface area contributed by atoms with Crippen LogP contribution in [0.15, 0.2) is 0 Å². The lowest BCUT2D eigenvalue weighted by Crippen LogP contribution is -2.20. The zero-order valence-corrected chi connectivity index (χ0v) is 10.6. The quantitative estimate of drug-likeness (QED) is 0.788. The van der Waals surface area contributed by atoms with Crippen molar-refractivity contribution in [3.05, 3.63) is 22.5 Å². The molecule has 4 heteroatoms. The minimum Gasteiger partial charge on any atom is -0.465 e. The number of carbonyl (C=O) groups is 1. The predicted molar refractivity (Wildman–Crippen MR) is 63.6 cm³/mol. The van der Waals surface area contributed by atoms with Crippen molar-refractivity contribution in [1.29, 1.82) is 0 Å². The average molecular weight is 224 g/mol. The Balaban J connectivity index is 3.33. The highest BCUT2D eigenvalue weighted by molar-refractivity contribution is 5.93. The van der Waals surface area contributed by atoms with Crippen LogP contribution in [0.1, 0.15) is 34.2 Å². The van der Waals surface area contributed by atoms with Crippen LogP contribution >= 0.6 is 0 Å². The first-order valence-electron chi connectivity index (χ1n) is 5.38. The van der Waals surface area contributed by atoms with Crippen LogP contribution in [0.4, 0.5) is 0 Å². The number of hydrogen-bond acceptors (Lipinski definition) is 3. The van der Waals surface area contributed by atoms with Crippen molar-refractivity contribution in [3.63, 3.8) is 0 Å². The van der Waals surface area contributed by atoms with E-state index in [-0.39, 0.29) is 12.0 Å². The molecule has 0 aliphatic heterocycles. The summed E-state index contributed by atoms with van der Waals surface area (Å²) in [5, 5.41) is 0. The molecule has 0 fully saturated rings. The fraction of sp³-hybridized carbons (Fsp3) is 0.583. The number of aromatic nitrogens is 1. The highest BCUT2D eigenvalue weighted by Gasteiger charge is 2.22. The van der Waals surface area contributed by atoms with Crippen LogP contribution in [0.25, 0.3) is 0 Å². The van der Waals surface area contributed by atoms with E-state index >= 15 is 0 Å². The van der Waals surface area contributed by atoms with E-state index in [1.807, 2.05) is 32.4 Å². The summed E-state index contributed by atoms with van der Waals surface area (Å²) < 4.78 is 6.82. The molecule has 0 amide bonds. The number of nitrogens with two attached hydrogens (primary N) is 1. The molecular weight excluding hydrogens is 204 g/mol. The van der Waals surface area contributed by atoms with Gasteiger partial charge in [-0.15, -0.1) is 0 Å². The minimum atomic E-state index is -0.281. The van der Waals surface area contributed by atoms with Gasteiger partial charge in [0.15, 0.2) is 0 Å². The summed E-state index contributed by atoms with van der Waals surface area (Å²) in [5.74, 6) is -0.281. The molecule has 1 aromatic rings. The maximum atomic E-state index is 11.7. The van der Waals surface area contributed by atoms with Gasteiger partial charge in [0.05, 0.1) is 12.7 Å². The van der Waals surface area contributed by atoms with Gasteiger partial charge < -0.3 is 15.0 Å². The van der Waals surface area contributed by atoms with Gasteiger partial charge in [0.1, 0.15) is 0 Å². The Labute approximate surface area is 96.4 Å². The molecule has 0 saturated carbocycles. The van der Waals surface area contributed by atoms with Gasteiger partial charge in [-0.1, -0.05) is 0 Å². The largest absolute Gasteiger partial charge is 0.465 e. The normalized spacial score (nSPS) is 12.6. The maximum Gasteiger partial charge on any atom is 0.339 e. The molecule has 90 valence electrons. The number of carbonyl (C=O) groups excluding carboxylic acids is 1. The fourth-order valence-electron chi connectivity index (χ4n) is 1.97. The highest BCUT2D eigenvalue weighted by Crippen LogP contribution is 2.23. The number of hydrogen-bond donors (Lipinski definition) is 1. The first-order chi connectivity index (χ1) is 7.40. The molecule has 1 atom stereocenters. The summed E-state index contributed by atoms with van der Waals surface area (Å²) in [5.41, 5.74) is 9.48. The van der Waals surface area contributed by atoms with E-state index in [1.165, 1.54) is 7.11 Å². The lowest BCUT2D eigenvalue weighted by Gasteiger charge is -2.07. The Bertz CT molecular complexity index is 406. The molecular formula is C12H20N2O2. The van der Waals surface area contributed by atoms with Gasteiger partial charge in [-0.25, -0.2) is 4.79 Å². The van der Waals surface area contributed by atoms with E-state index in [1.54, 1.807) is 0 Å². The number of rotatable bonds is 3. The first-order valence-corrected chi connectivity index (χ1v) is 5.38. The van der Waals surface area contributed by atoms with Gasteiger partial charge in [-0.05, 0) is 32.8 Å². The standard InChI is InChI=1S/C12H20N2O2/c1-7(13)6-10-8(2)14(4)9(3)11(10)12(15)16-5/h7H,6,13H2,1-5H3/t7-/m0/s1. The number of ether oxygens (including phenoxy) is 1. The molecule has 0 spiro atoms. The van der Waals surface area contributed by atoms with E-state index in [9.17, 15) is 4.79 Å². The van der Waals surface area contributed by atoms with Crippen molar-refractivity contribution in [1.82, 2.24) is 4.57 Å². The number of methoxy groups -OCH3 is 1. The van der Waals surface area contributed by atoms with E-state index in [0.717, 1.165) is 17.0 Å². The molecule has 0 bridgehead atoms. The molecule has 0 unspecified atom stereocenters. The third kappa shape index (κ3) is 2.11. The average Bonchev–Trinajstić information content (AvgIpc) is 2.42. The summed E-state index contributed by atoms with van der Waals surface area (Å²) in [4.78, 5) is 11.7. The highest BCUT2D eigenvalue weighted by atomic mass is 16.5. The van der Waals surface area contributed by atoms with Gasteiger partial charge in [0, 0.05) is 24.5 Å². The van der Waals surface area contributed by atoms with E-state index in [2.05, 4.69) is 0 Å². The fourth-order valence-corrected chi connectivity index (χ4v) is 1.97. The molecule has 0 aromatic carbocycles. The van der Waals surface area contributed by atoms with Crippen molar-refractivity contribution in [2.75, 3.05) is 7.11 Å². The number of nitrogens with zero attached hydrogens (tertiary/aromatic N) is 1. The van der Waals surface area contributed by atoms with Crippen molar-refractivity contribution in [3.8, 4) is 0 Å². The second kappa shape index (κ2) is 4.70. The smallest absolute Gasteiger partial charge is 0.339 e. The molecule has 4 nitrogen and oxygen atoms in total. The Hall–Kier alpha value is -1.29. The van der Waals surface area contributed by atoms with E-state index < -0.39 is 0 Å². The zero-order chi connectivity index (χ0) is 12.5. The zero-order valence-electron chi connectivity index (χ0n) is 10.6. The SMILES string of the molecule is COC(=O)c1c(C[C@H](C)N)c(C)n(C)c1C. The van der Waals surface area contributed by atoms with Crippen molar-refractivity contribution >= 4 is 5.97 Å². The van der Waals surface area contributed by atoms with Gasteiger partial charge in [0.2, 0.25) is 0 Å². The Morgan fingerprint density at radius 1 is 1.44 bits per heavy atom. The number of esters is 1. The maximum absolute atomic E-state index is 11.7. The van der Waals surface area contributed by atoms with Gasteiger partial charge >= 0.3 is 5.97 Å². The molecule has 0 saturated heterocycles. The van der Waals surface area contributed by atoms with Crippen molar-refractivity contribution < 1.29 is 9.53 Å². The van der Waals surface area contributed by atoms with Crippen LogP contribution in [0, 0.1) is 13.8 Å². The molecule has 0 radical (unpaired) electrons. The summed E-state index contributed by atoms with van der Waals surface area (Å²) in [7, 11) is 3.35. The van der Waals surface area contributed by atoms with Crippen molar-refractivity contribution in [2.45, 2.75) is 33.2 Å². The first kappa shape index (κ1) is 12.8. The van der Waals surface area contributed by atoms with Crippen molar-refractivity contribution in [2.24, 2.45) is 12.8 Å². The molecule has 0 aliphatic carbocycles. The molecule has 2 N–H and O–H groups in total. The molecule has 0 aliphatic rings. The summed E-state index contributed by atoms with van der Waals surface area (Å²) in [6, 6.07) is 0.0314. The lowest BCUT2D eigenvalue weighted by molar-refractivity contribution is 0.0598. The molecule has 1 aromatic heterocycles. The molecule has 16 heavy (non-hydrogen) atoms. The van der Waals surface area contributed by atoms with Gasteiger partial charge in [0.25, 0.3) is 0 Å². The van der Waals surface area contributed by atoms with Gasteiger partial charge in [-0.3, -0.25) is 0 Å². The van der Waals surface area contributed by atoms with Crippen LogP contribution < -0.4 is 5.73 Å². The summed E-state index contributed by atoms with van der Waals surface area (Å²) >= 11 is 0. The predicted octanol–water partition coefficient (Wildman–Crippen LogP) is 1.32. The van der Waals surface area contributed by atoms with Gasteiger partial charge in [-0.2, -0.15) is 0 Å². The van der Waals surface area contributed by atoms with Crippen LogP contribution in [0.3, 0.4) is 0 Å². The third-order valence-electron chi connectivity index (χ3n) is 3.02. The molecule has 1 heterocycles. The second-order valence-electron chi connectivity index (χ2n) is 4.26.